The lowest BCUT2D eigenvalue weighted by Gasteiger charge is -2.08. The number of halogens is 1. The van der Waals surface area contributed by atoms with Crippen LogP contribution in [0.4, 0.5) is 5.82 Å². The zero-order valence-corrected chi connectivity index (χ0v) is 15.4. The number of rotatable bonds is 5. The summed E-state index contributed by atoms with van der Waals surface area (Å²) in [6.07, 6.45) is 5.94. The number of anilines is 1. The van der Waals surface area contributed by atoms with E-state index in [-0.39, 0.29) is 11.8 Å². The molecular weight excluding hydrogens is 350 g/mol. The molecule has 0 bridgehead atoms. The topological polar surface area (TPSA) is 75.6 Å². The Balaban J connectivity index is 1.46. The van der Waals surface area contributed by atoms with Gasteiger partial charge in [0, 0.05) is 34.5 Å². The number of aryl methyl sites for hydroxylation is 1. The molecule has 4 rings (SSSR count). The van der Waals surface area contributed by atoms with Crippen LogP contribution in [0.2, 0.25) is 5.02 Å². The van der Waals surface area contributed by atoms with Gasteiger partial charge in [-0.05, 0) is 44.4 Å². The van der Waals surface area contributed by atoms with E-state index in [0.29, 0.717) is 16.8 Å². The summed E-state index contributed by atoms with van der Waals surface area (Å²) in [6.45, 7) is 3.81. The molecule has 1 fully saturated rings. The fraction of sp³-hybridized carbons (Fsp3) is 0.316. The number of hydrogen-bond acceptors (Lipinski definition) is 3. The van der Waals surface area contributed by atoms with Crippen LogP contribution in [0.25, 0.3) is 5.69 Å². The largest absolute Gasteiger partial charge is 0.309 e. The first kappa shape index (κ1) is 16.8. The number of aromatic amines is 1. The number of H-pyrrole nitrogens is 1. The van der Waals surface area contributed by atoms with Gasteiger partial charge in [0.25, 0.3) is 0 Å². The minimum Gasteiger partial charge on any atom is -0.309 e. The van der Waals surface area contributed by atoms with Crippen molar-refractivity contribution < 1.29 is 4.79 Å². The van der Waals surface area contributed by atoms with Crippen molar-refractivity contribution in [3.8, 4) is 5.69 Å². The second-order valence-corrected chi connectivity index (χ2v) is 7.25. The van der Waals surface area contributed by atoms with Crippen LogP contribution in [-0.4, -0.2) is 25.9 Å². The van der Waals surface area contributed by atoms with Crippen molar-refractivity contribution in [2.45, 2.75) is 38.5 Å². The van der Waals surface area contributed by atoms with Gasteiger partial charge in [-0.1, -0.05) is 17.7 Å². The summed E-state index contributed by atoms with van der Waals surface area (Å²) in [5, 5.41) is 15.1. The molecule has 0 radical (unpaired) electrons. The number of benzene rings is 1. The first-order valence-corrected chi connectivity index (χ1v) is 9.06. The number of nitrogens with zero attached hydrogens (tertiary/aromatic N) is 3. The van der Waals surface area contributed by atoms with Gasteiger partial charge in [-0.25, -0.2) is 4.68 Å². The van der Waals surface area contributed by atoms with Gasteiger partial charge in [-0.15, -0.1) is 0 Å². The van der Waals surface area contributed by atoms with Gasteiger partial charge in [0.15, 0.2) is 5.82 Å². The van der Waals surface area contributed by atoms with Crippen molar-refractivity contribution in [2.75, 3.05) is 5.32 Å². The normalized spacial score (nSPS) is 15.0. The van der Waals surface area contributed by atoms with Crippen molar-refractivity contribution in [3.63, 3.8) is 0 Å². The summed E-state index contributed by atoms with van der Waals surface area (Å²) in [5.41, 5.74) is 3.80. The third-order valence-electron chi connectivity index (χ3n) is 4.78. The molecular formula is C19H20ClN5O. The molecule has 2 aromatic heterocycles. The van der Waals surface area contributed by atoms with E-state index >= 15 is 0 Å². The van der Waals surface area contributed by atoms with E-state index in [2.05, 4.69) is 20.6 Å². The monoisotopic (exact) mass is 369 g/mol. The molecule has 7 heteroatoms. The molecule has 1 aliphatic rings. The van der Waals surface area contributed by atoms with Crippen LogP contribution in [0, 0.1) is 6.92 Å². The molecule has 0 spiro atoms. The Morgan fingerprint density at radius 3 is 2.92 bits per heavy atom. The van der Waals surface area contributed by atoms with Gasteiger partial charge >= 0.3 is 0 Å². The minimum absolute atomic E-state index is 0.111. The highest BCUT2D eigenvalue weighted by atomic mass is 35.5. The van der Waals surface area contributed by atoms with Gasteiger partial charge in [0.05, 0.1) is 17.8 Å². The van der Waals surface area contributed by atoms with Gasteiger partial charge in [-0.3, -0.25) is 9.89 Å². The summed E-state index contributed by atoms with van der Waals surface area (Å²) in [7, 11) is 0. The molecule has 134 valence electrons. The van der Waals surface area contributed by atoms with E-state index < -0.39 is 0 Å². The first-order valence-electron chi connectivity index (χ1n) is 8.68. The third-order valence-corrected chi connectivity index (χ3v) is 5.19. The highest BCUT2D eigenvalue weighted by Gasteiger charge is 2.26. The lowest BCUT2D eigenvalue weighted by atomic mass is 10.0. The minimum atomic E-state index is -0.342. The average molecular weight is 370 g/mol. The van der Waals surface area contributed by atoms with Crippen LogP contribution in [0.5, 0.6) is 0 Å². The second-order valence-electron chi connectivity index (χ2n) is 6.85. The van der Waals surface area contributed by atoms with Gasteiger partial charge in [0.2, 0.25) is 5.91 Å². The van der Waals surface area contributed by atoms with E-state index in [0.717, 1.165) is 22.5 Å². The summed E-state index contributed by atoms with van der Waals surface area (Å²) >= 11 is 6.19. The maximum absolute atomic E-state index is 12.5. The van der Waals surface area contributed by atoms with Crippen molar-refractivity contribution in [2.24, 2.45) is 0 Å². The van der Waals surface area contributed by atoms with Crippen molar-refractivity contribution in [1.29, 1.82) is 0 Å². The number of carbonyl (C=O) groups is 1. The van der Waals surface area contributed by atoms with Crippen LogP contribution < -0.4 is 5.32 Å². The summed E-state index contributed by atoms with van der Waals surface area (Å²) in [6, 6.07) is 7.68. The zero-order valence-electron chi connectivity index (χ0n) is 14.7. The van der Waals surface area contributed by atoms with E-state index in [1.807, 2.05) is 44.3 Å². The molecule has 2 N–H and O–H groups in total. The van der Waals surface area contributed by atoms with E-state index in [9.17, 15) is 4.79 Å². The Bertz CT molecular complexity index is 957. The average Bonchev–Trinajstić information content (AvgIpc) is 3.17. The smallest absolute Gasteiger partial charge is 0.232 e. The molecule has 6 nitrogen and oxygen atoms in total. The predicted octanol–water partition coefficient (Wildman–Crippen LogP) is 4.18. The molecule has 2 heterocycles. The fourth-order valence-electron chi connectivity index (χ4n) is 2.82. The van der Waals surface area contributed by atoms with Gasteiger partial charge in [-0.2, -0.15) is 10.2 Å². The highest BCUT2D eigenvalue weighted by Crippen LogP contribution is 2.39. The maximum atomic E-state index is 12.5. The number of hydrogen-bond donors (Lipinski definition) is 2. The van der Waals surface area contributed by atoms with Crippen LogP contribution in [0.15, 0.2) is 36.7 Å². The molecule has 0 aliphatic heterocycles. The highest BCUT2D eigenvalue weighted by molar-refractivity contribution is 6.31. The van der Waals surface area contributed by atoms with Crippen LogP contribution in [-0.2, 0) is 4.79 Å². The Morgan fingerprint density at radius 1 is 1.38 bits per heavy atom. The van der Waals surface area contributed by atoms with Gasteiger partial charge < -0.3 is 5.32 Å². The Hall–Kier alpha value is -2.60. The predicted molar refractivity (Wildman–Crippen MR) is 101 cm³/mol. The van der Waals surface area contributed by atoms with Crippen molar-refractivity contribution in [3.05, 3.63) is 58.5 Å². The van der Waals surface area contributed by atoms with Crippen LogP contribution in [0.1, 0.15) is 48.4 Å². The summed E-state index contributed by atoms with van der Waals surface area (Å²) in [4.78, 5) is 12.5. The summed E-state index contributed by atoms with van der Waals surface area (Å²) < 4.78 is 1.73. The summed E-state index contributed by atoms with van der Waals surface area (Å²) in [5.74, 6) is 0.692. The lowest BCUT2D eigenvalue weighted by Crippen LogP contribution is -2.18. The first-order chi connectivity index (χ1) is 12.5. The molecule has 0 saturated heterocycles. The molecule has 1 amide bonds. The maximum Gasteiger partial charge on any atom is 0.232 e. The van der Waals surface area contributed by atoms with Crippen LogP contribution in [0.3, 0.4) is 0 Å². The molecule has 0 unspecified atom stereocenters. The molecule has 26 heavy (non-hydrogen) atoms. The SMILES string of the molecule is Cc1ccc(-n2cc([C@H](C)C(=O)Nc3cc(C4CC4)[nH]n3)cn2)cc1Cl. The van der Waals surface area contributed by atoms with Crippen LogP contribution >= 0.6 is 11.6 Å². The lowest BCUT2D eigenvalue weighted by molar-refractivity contribution is -0.117. The number of amides is 1. The number of nitrogens with one attached hydrogen (secondary N) is 2. The molecule has 1 aliphatic carbocycles. The molecule has 1 saturated carbocycles. The Morgan fingerprint density at radius 2 is 2.19 bits per heavy atom. The Labute approximate surface area is 156 Å². The van der Waals surface area contributed by atoms with Crippen molar-refractivity contribution in [1.82, 2.24) is 20.0 Å². The van der Waals surface area contributed by atoms with E-state index in [4.69, 9.17) is 11.6 Å². The Kier molecular flexibility index (Phi) is 4.28. The zero-order chi connectivity index (χ0) is 18.3. The van der Waals surface area contributed by atoms with Gasteiger partial charge in [0.1, 0.15) is 0 Å². The third kappa shape index (κ3) is 3.37. The molecule has 3 aromatic rings. The standard InChI is InChI=1S/C19H20ClN5O/c1-11-3-6-15(7-16(11)20)25-10-14(9-21-25)12(2)19(26)22-18-8-17(23-24-18)13-4-5-13/h3,6-10,12-13H,4-5H2,1-2H3,(H2,22,23,24,26)/t12-/m0/s1. The quantitative estimate of drug-likeness (QED) is 0.708. The fourth-order valence-corrected chi connectivity index (χ4v) is 2.99. The van der Waals surface area contributed by atoms with E-state index in [1.54, 1.807) is 10.9 Å². The number of carbonyl (C=O) groups excluding carboxylic acids is 1. The van der Waals surface area contributed by atoms with Crippen molar-refractivity contribution >= 4 is 23.3 Å². The van der Waals surface area contributed by atoms with E-state index in [1.165, 1.54) is 12.8 Å². The second kappa shape index (κ2) is 6.61. The number of aromatic nitrogens is 4. The molecule has 1 aromatic carbocycles. The molecule has 1 atom stereocenters.